The van der Waals surface area contributed by atoms with Gasteiger partial charge in [-0.1, -0.05) is 58.3 Å². The average Bonchev–Trinajstić information content (AvgIpc) is 2.26. The maximum atomic E-state index is 10.8. The number of nitrogens with zero attached hydrogens (tertiary/aromatic N) is 1. The monoisotopic (exact) mass is 215 g/mol. The van der Waals surface area contributed by atoms with Gasteiger partial charge in [0.25, 0.3) is 0 Å². The van der Waals surface area contributed by atoms with Crippen molar-refractivity contribution in [1.82, 2.24) is 5.06 Å². The van der Waals surface area contributed by atoms with E-state index in [1.165, 1.54) is 51.4 Å². The maximum Gasteiger partial charge on any atom is 0.0338 e. The predicted octanol–water partition coefficient (Wildman–Crippen LogP) is 3.23. The summed E-state index contributed by atoms with van der Waals surface area (Å²) in [6, 6.07) is 0. The Morgan fingerprint density at radius 2 is 1.33 bits per heavy atom. The van der Waals surface area contributed by atoms with Gasteiger partial charge < -0.3 is 16.0 Å². The topological polar surface area (TPSA) is 52.3 Å². The smallest absolute Gasteiger partial charge is 0.0338 e. The third-order valence-electron chi connectivity index (χ3n) is 2.71. The van der Waals surface area contributed by atoms with Crippen LogP contribution >= 0.6 is 0 Å². The maximum absolute atomic E-state index is 10.8. The van der Waals surface area contributed by atoms with Gasteiger partial charge >= 0.3 is 0 Å². The van der Waals surface area contributed by atoms with Gasteiger partial charge in [-0.15, -0.1) is 0 Å². The normalized spacial score (nSPS) is 11.2. The average molecular weight is 215 g/mol. The number of hydrogen-bond acceptors (Lipinski definition) is 3. The Morgan fingerprint density at radius 1 is 0.867 bits per heavy atom. The van der Waals surface area contributed by atoms with Gasteiger partial charge in [-0.3, -0.25) is 0 Å². The van der Waals surface area contributed by atoms with Gasteiger partial charge in [-0.05, 0) is 13.0 Å². The summed E-state index contributed by atoms with van der Waals surface area (Å²) in [5.74, 6) is 0. The molecule has 15 heavy (non-hydrogen) atoms. The highest BCUT2D eigenvalue weighted by atomic mass is 16.5. The van der Waals surface area contributed by atoms with Crippen LogP contribution in [0, 0.1) is 5.21 Å². The molecule has 2 N–H and O–H groups in total. The second kappa shape index (κ2) is 12.0. The number of nitrogens with two attached hydrogens (primary N) is 1. The quantitative estimate of drug-likeness (QED) is 0.327. The minimum Gasteiger partial charge on any atom is -0.784 e. The zero-order chi connectivity index (χ0) is 11.4. The molecule has 0 amide bonds. The lowest BCUT2D eigenvalue weighted by atomic mass is 10.1. The van der Waals surface area contributed by atoms with Crippen molar-refractivity contribution in [2.75, 3.05) is 13.2 Å². The number of hydroxylamine groups is 2. The van der Waals surface area contributed by atoms with Crippen molar-refractivity contribution in [3.63, 3.8) is 0 Å². The van der Waals surface area contributed by atoms with Crippen molar-refractivity contribution < 1.29 is 0 Å². The van der Waals surface area contributed by atoms with Crippen LogP contribution in [0.2, 0.25) is 0 Å². The van der Waals surface area contributed by atoms with Gasteiger partial charge in [0.15, 0.2) is 0 Å². The van der Waals surface area contributed by atoms with Crippen molar-refractivity contribution in [1.29, 1.82) is 0 Å². The molecule has 92 valence electrons. The Kier molecular flexibility index (Phi) is 11.9. The van der Waals surface area contributed by atoms with Crippen molar-refractivity contribution >= 4 is 0 Å². The molecule has 0 aliphatic carbocycles. The van der Waals surface area contributed by atoms with E-state index in [0.717, 1.165) is 11.5 Å². The van der Waals surface area contributed by atoms with Crippen LogP contribution in [-0.4, -0.2) is 18.3 Å². The van der Waals surface area contributed by atoms with Gasteiger partial charge in [-0.25, -0.2) is 0 Å². The zero-order valence-corrected chi connectivity index (χ0v) is 10.2. The SMILES string of the molecule is CCCCCCCCCCCN([O-])CN. The predicted molar refractivity (Wildman–Crippen MR) is 66.4 cm³/mol. The third-order valence-corrected chi connectivity index (χ3v) is 2.71. The lowest BCUT2D eigenvalue weighted by Gasteiger charge is -2.25. The van der Waals surface area contributed by atoms with Crippen LogP contribution in [0.25, 0.3) is 0 Å². The van der Waals surface area contributed by atoms with Gasteiger partial charge in [0.05, 0.1) is 0 Å². The highest BCUT2D eigenvalue weighted by Gasteiger charge is 1.92. The number of rotatable bonds is 11. The van der Waals surface area contributed by atoms with Crippen LogP contribution in [0.3, 0.4) is 0 Å². The fourth-order valence-electron chi connectivity index (χ4n) is 1.69. The van der Waals surface area contributed by atoms with Gasteiger partial charge in [-0.2, -0.15) is 0 Å². The molecule has 3 nitrogen and oxygen atoms in total. The van der Waals surface area contributed by atoms with Crippen LogP contribution < -0.4 is 5.73 Å². The molecular formula is C12H27N2O-. The molecule has 0 aliphatic heterocycles. The minimum absolute atomic E-state index is 0.136. The molecule has 0 heterocycles. The van der Waals surface area contributed by atoms with E-state index in [4.69, 9.17) is 5.73 Å². The molecule has 0 spiro atoms. The Labute approximate surface area is 94.6 Å². The molecule has 0 saturated heterocycles. The summed E-state index contributed by atoms with van der Waals surface area (Å²) in [7, 11) is 0. The van der Waals surface area contributed by atoms with Crippen molar-refractivity contribution in [2.45, 2.75) is 64.7 Å². The Hall–Kier alpha value is -0.120. The molecular weight excluding hydrogens is 188 g/mol. The first-order chi connectivity index (χ1) is 7.31. The largest absolute Gasteiger partial charge is 0.784 e. The number of hydrogen-bond donors (Lipinski definition) is 1. The van der Waals surface area contributed by atoms with Crippen molar-refractivity contribution in [3.05, 3.63) is 5.21 Å². The van der Waals surface area contributed by atoms with Gasteiger partial charge in [0.2, 0.25) is 0 Å². The molecule has 0 rings (SSSR count). The fraction of sp³-hybridized carbons (Fsp3) is 1.00. The highest BCUT2D eigenvalue weighted by molar-refractivity contribution is 4.54. The molecule has 0 saturated carbocycles. The molecule has 0 aromatic rings. The van der Waals surface area contributed by atoms with E-state index in [1.807, 2.05) is 0 Å². The molecule has 0 atom stereocenters. The van der Waals surface area contributed by atoms with Crippen LogP contribution in [0.4, 0.5) is 0 Å². The number of unbranched alkanes of at least 4 members (excludes halogenated alkanes) is 8. The molecule has 3 heteroatoms. The summed E-state index contributed by atoms with van der Waals surface area (Å²) < 4.78 is 0. The standard InChI is InChI=1S/C12H27N2O/c1-2-3-4-5-6-7-8-9-10-11-14(15)12-13/h2-13H2,1H3/q-1. The van der Waals surface area contributed by atoms with Crippen LogP contribution in [0.5, 0.6) is 0 Å². The first-order valence-corrected chi connectivity index (χ1v) is 6.43. The van der Waals surface area contributed by atoms with E-state index in [0.29, 0.717) is 6.54 Å². The van der Waals surface area contributed by atoms with Crippen molar-refractivity contribution in [2.24, 2.45) is 5.73 Å². The zero-order valence-electron chi connectivity index (χ0n) is 10.2. The van der Waals surface area contributed by atoms with Crippen LogP contribution in [0.1, 0.15) is 64.7 Å². The van der Waals surface area contributed by atoms with Crippen LogP contribution in [-0.2, 0) is 0 Å². The van der Waals surface area contributed by atoms with Crippen molar-refractivity contribution in [3.8, 4) is 0 Å². The second-order valence-electron chi connectivity index (χ2n) is 4.22. The molecule has 0 aromatic carbocycles. The lowest BCUT2D eigenvalue weighted by molar-refractivity contribution is 0.373. The Balaban J connectivity index is 2.92. The van der Waals surface area contributed by atoms with E-state index in [-0.39, 0.29) is 6.67 Å². The summed E-state index contributed by atoms with van der Waals surface area (Å²) in [4.78, 5) is 0. The minimum atomic E-state index is 0.136. The van der Waals surface area contributed by atoms with Crippen LogP contribution in [0.15, 0.2) is 0 Å². The van der Waals surface area contributed by atoms with E-state index in [9.17, 15) is 5.21 Å². The van der Waals surface area contributed by atoms with E-state index in [1.54, 1.807) is 0 Å². The molecule has 0 bridgehead atoms. The third kappa shape index (κ3) is 11.8. The summed E-state index contributed by atoms with van der Waals surface area (Å²) in [5.41, 5.74) is 5.19. The van der Waals surface area contributed by atoms with Gasteiger partial charge in [0, 0.05) is 6.67 Å². The fourth-order valence-corrected chi connectivity index (χ4v) is 1.69. The molecule has 0 unspecified atom stereocenters. The summed E-state index contributed by atoms with van der Waals surface area (Å²) in [6.45, 7) is 2.98. The summed E-state index contributed by atoms with van der Waals surface area (Å²) in [5, 5.41) is 11.7. The first-order valence-electron chi connectivity index (χ1n) is 6.43. The van der Waals surface area contributed by atoms with E-state index >= 15 is 0 Å². The summed E-state index contributed by atoms with van der Waals surface area (Å²) in [6.07, 6.45) is 11.6. The summed E-state index contributed by atoms with van der Waals surface area (Å²) >= 11 is 0. The lowest BCUT2D eigenvalue weighted by Crippen LogP contribution is -2.24. The second-order valence-corrected chi connectivity index (χ2v) is 4.22. The van der Waals surface area contributed by atoms with E-state index in [2.05, 4.69) is 6.92 Å². The highest BCUT2D eigenvalue weighted by Crippen LogP contribution is 2.09. The molecule has 0 aliphatic rings. The Morgan fingerprint density at radius 3 is 1.80 bits per heavy atom. The Bertz CT molecular complexity index is 120. The first kappa shape index (κ1) is 14.9. The van der Waals surface area contributed by atoms with Gasteiger partial charge in [0.1, 0.15) is 0 Å². The van der Waals surface area contributed by atoms with E-state index < -0.39 is 0 Å². The molecule has 0 radical (unpaired) electrons. The molecule has 0 fully saturated rings. The molecule has 0 aromatic heterocycles.